The Balaban J connectivity index is 1.36. The average Bonchev–Trinajstić information content (AvgIpc) is 2.98. The van der Waals surface area contributed by atoms with Crippen molar-refractivity contribution in [2.24, 2.45) is 0 Å². The molecule has 0 saturated carbocycles. The quantitative estimate of drug-likeness (QED) is 0.430. The largest absolute Gasteiger partial charge is 0.324 e. The Bertz CT molecular complexity index is 1490. The summed E-state index contributed by atoms with van der Waals surface area (Å²) >= 11 is 0. The molecule has 2 N–H and O–H groups in total. The molecular formula is C26H23N5O3S. The smallest absolute Gasteiger partial charge is 0.240 e. The molecule has 9 heteroatoms. The monoisotopic (exact) mass is 485 g/mol. The Hall–Kier alpha value is -4.08. The Labute approximate surface area is 203 Å². The van der Waals surface area contributed by atoms with Gasteiger partial charge < -0.3 is 10.2 Å². The molecule has 0 spiro atoms. The number of fused-ring (bicyclic) bond motifs is 3. The predicted octanol–water partition coefficient (Wildman–Crippen LogP) is 3.88. The van der Waals surface area contributed by atoms with Crippen molar-refractivity contribution in [3.8, 4) is 11.3 Å². The summed E-state index contributed by atoms with van der Waals surface area (Å²) in [6, 6.07) is 23.3. The first-order valence-corrected chi connectivity index (χ1v) is 12.5. The fourth-order valence-electron chi connectivity index (χ4n) is 3.92. The van der Waals surface area contributed by atoms with E-state index in [2.05, 4.69) is 20.0 Å². The van der Waals surface area contributed by atoms with Gasteiger partial charge in [0.2, 0.25) is 21.9 Å². The summed E-state index contributed by atoms with van der Waals surface area (Å²) in [6.07, 6.45) is 1.87. The molecular weight excluding hydrogens is 462 g/mol. The van der Waals surface area contributed by atoms with Gasteiger partial charge in [-0.1, -0.05) is 48.5 Å². The van der Waals surface area contributed by atoms with Gasteiger partial charge >= 0.3 is 0 Å². The Morgan fingerprint density at radius 1 is 0.943 bits per heavy atom. The lowest BCUT2D eigenvalue weighted by molar-refractivity contribution is -0.117. The molecule has 0 saturated heterocycles. The maximum Gasteiger partial charge on any atom is 0.240 e. The van der Waals surface area contributed by atoms with Crippen molar-refractivity contribution in [3.63, 3.8) is 0 Å². The van der Waals surface area contributed by atoms with E-state index in [0.29, 0.717) is 17.3 Å². The van der Waals surface area contributed by atoms with Crippen molar-refractivity contribution in [3.05, 3.63) is 96.2 Å². The second kappa shape index (κ2) is 9.28. The van der Waals surface area contributed by atoms with Crippen LogP contribution >= 0.6 is 0 Å². The van der Waals surface area contributed by atoms with Gasteiger partial charge in [0.1, 0.15) is 0 Å². The number of amides is 1. The van der Waals surface area contributed by atoms with Crippen molar-refractivity contribution in [1.29, 1.82) is 0 Å². The molecule has 1 aliphatic heterocycles. The minimum atomic E-state index is -3.65. The van der Waals surface area contributed by atoms with Crippen molar-refractivity contribution >= 4 is 33.3 Å². The molecule has 8 nitrogen and oxygen atoms in total. The van der Waals surface area contributed by atoms with Crippen molar-refractivity contribution in [2.75, 3.05) is 17.3 Å². The van der Waals surface area contributed by atoms with Gasteiger partial charge in [-0.2, -0.15) is 0 Å². The van der Waals surface area contributed by atoms with Crippen LogP contribution in [0.15, 0.2) is 90.0 Å². The molecule has 0 aliphatic carbocycles. The van der Waals surface area contributed by atoms with Gasteiger partial charge in [-0.25, -0.2) is 23.1 Å². The van der Waals surface area contributed by atoms with Crippen LogP contribution < -0.4 is 14.9 Å². The fraction of sp³-hybridized carbons (Fsp3) is 0.115. The lowest BCUT2D eigenvalue weighted by Crippen LogP contribution is -2.26. The number of nitrogens with one attached hydrogen (secondary N) is 2. The van der Waals surface area contributed by atoms with Crippen molar-refractivity contribution in [1.82, 2.24) is 14.7 Å². The first-order chi connectivity index (χ1) is 16.9. The van der Waals surface area contributed by atoms with Crippen molar-refractivity contribution < 1.29 is 13.2 Å². The number of nitrogens with zero attached hydrogens (tertiary/aromatic N) is 3. The van der Waals surface area contributed by atoms with Crippen LogP contribution in [0.25, 0.3) is 11.3 Å². The molecule has 4 aromatic rings. The van der Waals surface area contributed by atoms with Gasteiger partial charge in [0.15, 0.2) is 0 Å². The number of likely N-dealkylation sites (N-methyl/N-ethyl adjacent to an activating group) is 1. The summed E-state index contributed by atoms with van der Waals surface area (Å²) in [5, 5.41) is 3.13. The van der Waals surface area contributed by atoms with Gasteiger partial charge in [-0.05, 0) is 35.9 Å². The number of para-hydroxylation sites is 1. The van der Waals surface area contributed by atoms with Crippen LogP contribution in [0.2, 0.25) is 0 Å². The molecule has 176 valence electrons. The van der Waals surface area contributed by atoms with Crippen LogP contribution in [0, 0.1) is 0 Å². The summed E-state index contributed by atoms with van der Waals surface area (Å²) in [6.45, 7) is 0.214. The molecule has 0 radical (unpaired) electrons. The number of benzene rings is 3. The number of carbonyl (C=O) groups excluding carboxylic acids is 1. The Morgan fingerprint density at radius 3 is 2.43 bits per heavy atom. The first-order valence-electron chi connectivity index (χ1n) is 11.0. The zero-order valence-corrected chi connectivity index (χ0v) is 19.8. The van der Waals surface area contributed by atoms with Crippen LogP contribution in [0.3, 0.4) is 0 Å². The molecule has 0 unspecified atom stereocenters. The molecule has 5 rings (SSSR count). The maximum absolute atomic E-state index is 12.7. The van der Waals surface area contributed by atoms with Crippen LogP contribution in [0.5, 0.6) is 0 Å². The van der Waals surface area contributed by atoms with E-state index in [1.54, 1.807) is 30.3 Å². The third kappa shape index (κ3) is 4.77. The molecule has 1 aliphatic rings. The molecule has 1 amide bonds. The molecule has 2 heterocycles. The van der Waals surface area contributed by atoms with Crippen molar-refractivity contribution in [2.45, 2.75) is 17.9 Å². The number of aromatic nitrogens is 2. The standard InChI is InChI=1S/C26H23N5O3S/c1-31-23-10-6-5-9-22(23)25-19(15-24(31)32)17-27-26(30-25)29-20-11-13-21(14-12-20)35(33,34)28-16-18-7-3-2-4-8-18/h2-14,17,28H,15-16H2,1H3,(H,27,29,30). The molecule has 35 heavy (non-hydrogen) atoms. The summed E-state index contributed by atoms with van der Waals surface area (Å²) in [4.78, 5) is 23.4. The molecule has 0 bridgehead atoms. The van der Waals surface area contributed by atoms with Crippen LogP contribution in [-0.4, -0.2) is 31.3 Å². The zero-order chi connectivity index (χ0) is 24.4. The summed E-state index contributed by atoms with van der Waals surface area (Å²) in [5.74, 6) is 0.326. The lowest BCUT2D eigenvalue weighted by Gasteiger charge is -2.16. The van der Waals surface area contributed by atoms with Gasteiger partial charge in [-0.15, -0.1) is 0 Å². The number of carbonyl (C=O) groups is 1. The molecule has 1 aromatic heterocycles. The second-order valence-electron chi connectivity index (χ2n) is 8.17. The van der Waals surface area contributed by atoms with E-state index >= 15 is 0 Å². The maximum atomic E-state index is 12.7. The highest BCUT2D eigenvalue weighted by Crippen LogP contribution is 2.35. The molecule has 3 aromatic carbocycles. The first kappa shape index (κ1) is 22.7. The van der Waals surface area contributed by atoms with E-state index in [-0.39, 0.29) is 23.8 Å². The fourth-order valence-corrected chi connectivity index (χ4v) is 4.93. The van der Waals surface area contributed by atoms with Crippen LogP contribution in [-0.2, 0) is 27.8 Å². The lowest BCUT2D eigenvalue weighted by atomic mass is 10.1. The zero-order valence-electron chi connectivity index (χ0n) is 19.0. The van der Waals surface area contributed by atoms with Gasteiger partial charge in [0.05, 0.1) is 22.7 Å². The molecule has 0 atom stereocenters. The number of rotatable bonds is 6. The minimum absolute atomic E-state index is 0.0295. The highest BCUT2D eigenvalue weighted by molar-refractivity contribution is 7.89. The van der Waals surface area contributed by atoms with Crippen LogP contribution in [0.1, 0.15) is 11.1 Å². The SMILES string of the molecule is CN1C(=O)Cc2cnc(Nc3ccc(S(=O)(=O)NCc4ccccc4)cc3)nc2-c2ccccc21. The number of hydrogen-bond acceptors (Lipinski definition) is 6. The summed E-state index contributed by atoms with van der Waals surface area (Å²) in [7, 11) is -1.90. The van der Waals surface area contributed by atoms with E-state index < -0.39 is 10.0 Å². The number of sulfonamides is 1. The van der Waals surface area contributed by atoms with E-state index in [4.69, 9.17) is 0 Å². The summed E-state index contributed by atoms with van der Waals surface area (Å²) in [5.41, 5.74) is 4.61. The van der Waals surface area contributed by atoms with E-state index in [0.717, 1.165) is 22.4 Å². The third-order valence-electron chi connectivity index (χ3n) is 5.83. The van der Waals surface area contributed by atoms with Gasteiger partial charge in [-0.3, -0.25) is 4.79 Å². The average molecular weight is 486 g/mol. The predicted molar refractivity (Wildman–Crippen MR) is 135 cm³/mol. The van der Waals surface area contributed by atoms with Gasteiger partial charge in [0.25, 0.3) is 0 Å². The minimum Gasteiger partial charge on any atom is -0.324 e. The summed E-state index contributed by atoms with van der Waals surface area (Å²) < 4.78 is 27.9. The highest BCUT2D eigenvalue weighted by Gasteiger charge is 2.24. The third-order valence-corrected chi connectivity index (χ3v) is 7.25. The van der Waals surface area contributed by atoms with Gasteiger partial charge in [0, 0.05) is 36.6 Å². The van der Waals surface area contributed by atoms with E-state index in [1.165, 1.54) is 12.1 Å². The normalized spacial score (nSPS) is 13.1. The second-order valence-corrected chi connectivity index (χ2v) is 9.94. The topological polar surface area (TPSA) is 104 Å². The molecule has 0 fully saturated rings. The van der Waals surface area contributed by atoms with E-state index in [1.807, 2.05) is 54.6 Å². The number of anilines is 3. The Kier molecular flexibility index (Phi) is 6.02. The van der Waals surface area contributed by atoms with Crippen LogP contribution in [0.4, 0.5) is 17.3 Å². The highest BCUT2D eigenvalue weighted by atomic mass is 32.2. The van der Waals surface area contributed by atoms with E-state index in [9.17, 15) is 13.2 Å². The Morgan fingerprint density at radius 2 is 1.66 bits per heavy atom. The number of hydrogen-bond donors (Lipinski definition) is 2.